The second kappa shape index (κ2) is 18.0. The number of thioether (sulfide) groups is 1. The van der Waals surface area contributed by atoms with Gasteiger partial charge in [0.25, 0.3) is 0 Å². The quantitative estimate of drug-likeness (QED) is 0.0345. The van der Waals surface area contributed by atoms with Gasteiger partial charge in [0.2, 0.25) is 11.8 Å². The maximum absolute atomic E-state index is 12.6. The lowest BCUT2D eigenvalue weighted by atomic mass is 9.87. The molecule has 1 aliphatic rings. The van der Waals surface area contributed by atoms with Gasteiger partial charge in [0, 0.05) is 35.3 Å². The highest BCUT2D eigenvalue weighted by Gasteiger charge is 2.50. The lowest BCUT2D eigenvalue weighted by Crippen LogP contribution is -2.46. The van der Waals surface area contributed by atoms with Crippen molar-refractivity contribution in [2.75, 3.05) is 37.8 Å². The monoisotopic (exact) mass is 827 g/mol. The van der Waals surface area contributed by atoms with Crippen LogP contribution in [-0.4, -0.2) is 122 Å². The zero-order valence-electron chi connectivity index (χ0n) is 27.2. The van der Waals surface area contributed by atoms with Crippen LogP contribution in [-0.2, 0) is 45.9 Å². The first-order valence-corrected chi connectivity index (χ1v) is 20.8. The van der Waals surface area contributed by atoms with Gasteiger partial charge in [-0.25, -0.2) is 28.6 Å². The average Bonchev–Trinajstić information content (AvgIpc) is 3.57. The van der Waals surface area contributed by atoms with E-state index < -0.39 is 78.6 Å². The molecule has 2 aromatic rings. The number of rotatable bonds is 20. The Labute approximate surface area is 300 Å². The molecule has 2 aromatic heterocycles. The third-order valence-corrected chi connectivity index (χ3v) is 11.3. The molecular formula is C23H40N7O16P3S2. The average molecular weight is 828 g/mol. The molecule has 290 valence electrons. The molecule has 1 saturated heterocycles. The SMILES string of the molecule is CC(S)SCCNC(=O)CCNC(=O)C(O)C(C)(C)COP(=O)(O)OP(=O)(O)OCC1OC(n2cnc3c(N)ncnc32)C(O)C1OP(=O)(O)O. The van der Waals surface area contributed by atoms with Crippen molar-refractivity contribution in [2.45, 2.75) is 62.4 Å². The predicted octanol–water partition coefficient (Wildman–Crippen LogP) is -0.586. The summed E-state index contributed by atoms with van der Waals surface area (Å²) in [5.41, 5.74) is 4.30. The van der Waals surface area contributed by atoms with Crippen LogP contribution in [0.15, 0.2) is 12.7 Å². The number of phosphoric acid groups is 3. The van der Waals surface area contributed by atoms with E-state index in [2.05, 4.69) is 47.0 Å². The van der Waals surface area contributed by atoms with Gasteiger partial charge in [-0.05, 0) is 6.92 Å². The topological polar surface area (TPSA) is 347 Å². The highest BCUT2D eigenvalue weighted by Crippen LogP contribution is 2.61. The number of nitrogens with zero attached hydrogens (tertiary/aromatic N) is 4. The van der Waals surface area contributed by atoms with Crippen molar-refractivity contribution < 1.29 is 75.7 Å². The number of phosphoric ester groups is 3. The number of hydrogen-bond acceptors (Lipinski definition) is 18. The van der Waals surface area contributed by atoms with Gasteiger partial charge in [-0.15, -0.1) is 11.8 Å². The summed E-state index contributed by atoms with van der Waals surface area (Å²) in [6.07, 6.45) is -6.74. The number of nitrogen functional groups attached to an aromatic ring is 1. The molecule has 28 heteroatoms. The number of fused-ring (bicyclic) bond motifs is 1. The van der Waals surface area contributed by atoms with E-state index in [9.17, 15) is 53.1 Å². The lowest BCUT2D eigenvalue weighted by Gasteiger charge is -2.30. The molecular weight excluding hydrogens is 787 g/mol. The second-order valence-corrected chi connectivity index (χ2v) is 18.3. The number of amides is 2. The van der Waals surface area contributed by atoms with Gasteiger partial charge in [-0.1, -0.05) is 13.8 Å². The molecule has 1 aliphatic heterocycles. The number of carbonyl (C=O) groups excluding carboxylic acids is 2. The molecule has 51 heavy (non-hydrogen) atoms. The Kier molecular flexibility index (Phi) is 15.4. The van der Waals surface area contributed by atoms with Crippen molar-refractivity contribution in [3.63, 3.8) is 0 Å². The van der Waals surface area contributed by atoms with Crippen LogP contribution >= 0.6 is 47.9 Å². The van der Waals surface area contributed by atoms with Crippen LogP contribution in [0.5, 0.6) is 0 Å². The maximum Gasteiger partial charge on any atom is 0.481 e. The Morgan fingerprint density at radius 3 is 2.43 bits per heavy atom. The molecule has 0 bridgehead atoms. The molecule has 23 nitrogen and oxygen atoms in total. The molecule has 0 spiro atoms. The van der Waals surface area contributed by atoms with Crippen LogP contribution < -0.4 is 16.4 Å². The van der Waals surface area contributed by atoms with Crippen LogP contribution in [0.25, 0.3) is 11.2 Å². The molecule has 0 radical (unpaired) electrons. The van der Waals surface area contributed by atoms with E-state index in [1.165, 1.54) is 25.6 Å². The first kappa shape index (κ1) is 43.6. The summed E-state index contributed by atoms with van der Waals surface area (Å²) < 4.78 is 62.0. The maximum atomic E-state index is 12.6. The number of aromatic nitrogens is 4. The Morgan fingerprint density at radius 2 is 1.78 bits per heavy atom. The number of carbonyl (C=O) groups is 2. The molecule has 3 rings (SSSR count). The van der Waals surface area contributed by atoms with Crippen LogP contribution in [0.1, 0.15) is 33.4 Å². The number of ether oxygens (including phenoxy) is 1. The van der Waals surface area contributed by atoms with Crippen LogP contribution in [0, 0.1) is 5.41 Å². The first-order chi connectivity index (χ1) is 23.5. The molecule has 10 N–H and O–H groups in total. The fraction of sp³-hybridized carbons (Fsp3) is 0.696. The van der Waals surface area contributed by atoms with E-state index in [0.29, 0.717) is 12.3 Å². The minimum absolute atomic E-state index is 0.0361. The molecule has 8 atom stereocenters. The van der Waals surface area contributed by atoms with Crippen molar-refractivity contribution in [3.05, 3.63) is 12.7 Å². The van der Waals surface area contributed by atoms with E-state index in [-0.39, 0.29) is 40.4 Å². The van der Waals surface area contributed by atoms with Gasteiger partial charge >= 0.3 is 23.5 Å². The summed E-state index contributed by atoms with van der Waals surface area (Å²) in [7, 11) is -16.3. The highest BCUT2D eigenvalue weighted by atomic mass is 32.2. The van der Waals surface area contributed by atoms with Gasteiger partial charge in [-0.3, -0.25) is 27.7 Å². The van der Waals surface area contributed by atoms with E-state index in [1.54, 1.807) is 0 Å². The van der Waals surface area contributed by atoms with E-state index >= 15 is 0 Å². The molecule has 1 fully saturated rings. The number of imidazole rings is 1. The first-order valence-electron chi connectivity index (χ1n) is 14.7. The Hall–Kier alpha value is -1.76. The van der Waals surface area contributed by atoms with E-state index in [1.807, 2.05) is 6.92 Å². The van der Waals surface area contributed by atoms with Crippen LogP contribution in [0.2, 0.25) is 0 Å². The van der Waals surface area contributed by atoms with Gasteiger partial charge in [-0.2, -0.15) is 16.9 Å². The molecule has 0 aromatic carbocycles. The number of hydrogen-bond donors (Lipinski definition) is 10. The zero-order valence-corrected chi connectivity index (χ0v) is 31.6. The van der Waals surface area contributed by atoms with Crippen LogP contribution in [0.3, 0.4) is 0 Å². The van der Waals surface area contributed by atoms with E-state index in [0.717, 1.165) is 17.2 Å². The van der Waals surface area contributed by atoms with Crippen molar-refractivity contribution in [1.82, 2.24) is 30.2 Å². The number of anilines is 1. The minimum atomic E-state index is -5.54. The third-order valence-electron chi connectivity index (χ3n) is 6.86. The normalized spacial score (nSPS) is 23.3. The van der Waals surface area contributed by atoms with Gasteiger partial charge in [0.05, 0.1) is 19.5 Å². The standard InChI is InChI=1S/C23H40N7O16P3S2/c1-12(50)51-7-6-25-14(31)4-5-26-21(34)18(33)23(2,3)9-43-49(40,41)46-48(38,39)42-8-13-17(45-47(35,36)37)16(32)22(44-13)30-11-29-15-19(24)27-10-28-20(15)30/h10-13,16-18,22,32-33,50H,4-9H2,1-3H3,(H,25,31)(H,26,34)(H,38,39)(H,40,41)(H2,24,27,28)(H2,35,36,37). The molecule has 0 aliphatic carbocycles. The minimum Gasteiger partial charge on any atom is -0.386 e. The summed E-state index contributed by atoms with van der Waals surface area (Å²) in [6.45, 7) is 2.70. The third kappa shape index (κ3) is 13.2. The Morgan fingerprint density at radius 1 is 1.12 bits per heavy atom. The molecule has 2 amide bonds. The number of aliphatic hydroxyl groups excluding tert-OH is 2. The number of nitrogens with one attached hydrogen (secondary N) is 2. The molecule has 3 heterocycles. The predicted molar refractivity (Wildman–Crippen MR) is 181 cm³/mol. The molecule has 8 unspecified atom stereocenters. The van der Waals surface area contributed by atoms with Gasteiger partial charge < -0.3 is 50.9 Å². The van der Waals surface area contributed by atoms with Crippen molar-refractivity contribution >= 4 is 76.7 Å². The van der Waals surface area contributed by atoms with E-state index in [4.69, 9.17) is 19.5 Å². The van der Waals surface area contributed by atoms with Gasteiger partial charge in [0.15, 0.2) is 17.7 Å². The lowest BCUT2D eigenvalue weighted by molar-refractivity contribution is -0.137. The smallest absolute Gasteiger partial charge is 0.386 e. The fourth-order valence-electron chi connectivity index (χ4n) is 4.36. The summed E-state index contributed by atoms with van der Waals surface area (Å²) in [5, 5.41) is 26.4. The van der Waals surface area contributed by atoms with Crippen molar-refractivity contribution in [3.8, 4) is 0 Å². The number of thiol groups is 1. The summed E-state index contributed by atoms with van der Waals surface area (Å²) in [6, 6.07) is 0. The fourth-order valence-corrected chi connectivity index (χ4v) is 8.07. The second-order valence-electron chi connectivity index (χ2n) is 11.5. The highest BCUT2D eigenvalue weighted by molar-refractivity contribution is 8.10. The molecule has 0 saturated carbocycles. The number of aliphatic hydroxyl groups is 2. The summed E-state index contributed by atoms with van der Waals surface area (Å²) in [4.78, 5) is 75.2. The number of nitrogens with two attached hydrogens (primary N) is 1. The van der Waals surface area contributed by atoms with Gasteiger partial charge in [0.1, 0.15) is 36.3 Å². The summed E-state index contributed by atoms with van der Waals surface area (Å²) in [5.74, 6) is -0.685. The van der Waals surface area contributed by atoms with Crippen LogP contribution in [0.4, 0.5) is 5.82 Å². The Bertz CT molecular complexity index is 1670. The Balaban J connectivity index is 1.55. The van der Waals surface area contributed by atoms with Crippen molar-refractivity contribution in [1.29, 1.82) is 0 Å². The zero-order chi connectivity index (χ0) is 38.4. The summed E-state index contributed by atoms with van der Waals surface area (Å²) >= 11 is 5.74. The largest absolute Gasteiger partial charge is 0.481 e. The van der Waals surface area contributed by atoms with Crippen molar-refractivity contribution in [2.24, 2.45) is 5.41 Å².